The van der Waals surface area contributed by atoms with E-state index < -0.39 is 0 Å². The summed E-state index contributed by atoms with van der Waals surface area (Å²) >= 11 is 0. The molecule has 5 nitrogen and oxygen atoms in total. The maximum absolute atomic E-state index is 12.2. The summed E-state index contributed by atoms with van der Waals surface area (Å²) in [6.07, 6.45) is 8.14. The Labute approximate surface area is 134 Å². The Hall–Kier alpha value is -0.650. The van der Waals surface area contributed by atoms with Crippen LogP contribution in [0.3, 0.4) is 0 Å². The van der Waals surface area contributed by atoms with Crippen molar-refractivity contribution >= 4 is 5.91 Å². The van der Waals surface area contributed by atoms with Crippen LogP contribution in [0.2, 0.25) is 0 Å². The zero-order valence-electron chi connectivity index (χ0n) is 13.9. The van der Waals surface area contributed by atoms with Gasteiger partial charge in [0.15, 0.2) is 0 Å². The van der Waals surface area contributed by atoms with E-state index >= 15 is 0 Å². The molecule has 22 heavy (non-hydrogen) atoms. The van der Waals surface area contributed by atoms with Gasteiger partial charge in [-0.15, -0.1) is 0 Å². The van der Waals surface area contributed by atoms with E-state index in [1.165, 1.54) is 38.5 Å². The number of likely N-dealkylation sites (tertiary alicyclic amines) is 1. The molecule has 0 aromatic heterocycles. The number of amides is 1. The van der Waals surface area contributed by atoms with Crippen molar-refractivity contribution in [2.75, 3.05) is 33.4 Å². The first-order valence-electron chi connectivity index (χ1n) is 9.00. The van der Waals surface area contributed by atoms with Gasteiger partial charge >= 0.3 is 0 Å². The Kier molecular flexibility index (Phi) is 5.71. The van der Waals surface area contributed by atoms with Crippen molar-refractivity contribution < 1.29 is 9.53 Å². The van der Waals surface area contributed by atoms with E-state index in [1.807, 2.05) is 0 Å². The standard InChI is InChI=1S/C17H31N3O2/c1-22-8-7-20-6-2-3-16(20)12-18-17(21)11-13-9-14-4-5-15(10-13)19-14/h13-16,19H,2-12H2,1H3,(H,18,21). The SMILES string of the molecule is COCCN1CCCC1CNC(=O)CC1CC2CCC(C1)N2. The molecule has 3 aliphatic heterocycles. The molecule has 0 aromatic rings. The Morgan fingerprint density at radius 1 is 1.27 bits per heavy atom. The van der Waals surface area contributed by atoms with Crippen LogP contribution in [0.1, 0.15) is 44.9 Å². The molecule has 2 N–H and O–H groups in total. The van der Waals surface area contributed by atoms with Gasteiger partial charge in [-0.3, -0.25) is 9.69 Å². The lowest BCUT2D eigenvalue weighted by molar-refractivity contribution is -0.122. The lowest BCUT2D eigenvalue weighted by Crippen LogP contribution is -2.43. The fourth-order valence-electron chi connectivity index (χ4n) is 4.54. The molecule has 5 heteroatoms. The van der Waals surface area contributed by atoms with Gasteiger partial charge < -0.3 is 15.4 Å². The number of nitrogens with one attached hydrogen (secondary N) is 2. The van der Waals surface area contributed by atoms with Crippen molar-refractivity contribution in [1.82, 2.24) is 15.5 Å². The van der Waals surface area contributed by atoms with Crippen LogP contribution in [0.5, 0.6) is 0 Å². The largest absolute Gasteiger partial charge is 0.383 e. The number of carbonyl (C=O) groups excluding carboxylic acids is 1. The molecular formula is C17H31N3O2. The second-order valence-corrected chi connectivity index (χ2v) is 7.31. The van der Waals surface area contributed by atoms with Crippen LogP contribution in [0.25, 0.3) is 0 Å². The molecule has 3 rings (SSSR count). The van der Waals surface area contributed by atoms with Gasteiger partial charge in [-0.2, -0.15) is 0 Å². The summed E-state index contributed by atoms with van der Waals surface area (Å²) in [6, 6.07) is 1.86. The van der Waals surface area contributed by atoms with Gasteiger partial charge in [0.05, 0.1) is 6.61 Å². The molecule has 1 amide bonds. The maximum atomic E-state index is 12.2. The molecular weight excluding hydrogens is 278 g/mol. The second kappa shape index (κ2) is 7.75. The van der Waals surface area contributed by atoms with Gasteiger partial charge in [0.2, 0.25) is 5.91 Å². The minimum atomic E-state index is 0.255. The zero-order valence-corrected chi connectivity index (χ0v) is 13.9. The number of ether oxygens (including phenoxy) is 1. The van der Waals surface area contributed by atoms with Crippen LogP contribution in [-0.2, 0) is 9.53 Å². The van der Waals surface area contributed by atoms with Crippen molar-refractivity contribution in [3.63, 3.8) is 0 Å². The normalized spacial score (nSPS) is 35.0. The summed E-state index contributed by atoms with van der Waals surface area (Å²) < 4.78 is 5.17. The summed E-state index contributed by atoms with van der Waals surface area (Å²) in [7, 11) is 1.75. The molecule has 3 aliphatic rings. The van der Waals surface area contributed by atoms with E-state index in [1.54, 1.807) is 7.11 Å². The van der Waals surface area contributed by atoms with E-state index in [4.69, 9.17) is 4.74 Å². The number of hydrogen-bond acceptors (Lipinski definition) is 4. The van der Waals surface area contributed by atoms with Crippen molar-refractivity contribution in [1.29, 1.82) is 0 Å². The third kappa shape index (κ3) is 4.21. The molecule has 3 unspecified atom stereocenters. The minimum absolute atomic E-state index is 0.255. The molecule has 0 aliphatic carbocycles. The van der Waals surface area contributed by atoms with Gasteiger partial charge in [0.1, 0.15) is 0 Å². The summed E-state index contributed by atoms with van der Waals surface area (Å²) in [5.74, 6) is 0.844. The number of carbonyl (C=O) groups is 1. The average Bonchev–Trinajstić information content (AvgIpc) is 3.09. The molecule has 0 spiro atoms. The molecule has 3 saturated heterocycles. The highest BCUT2D eigenvalue weighted by atomic mass is 16.5. The Morgan fingerprint density at radius 3 is 2.77 bits per heavy atom. The summed E-state index contributed by atoms with van der Waals surface area (Å²) in [4.78, 5) is 14.7. The van der Waals surface area contributed by atoms with Crippen molar-refractivity contribution in [2.45, 2.75) is 63.1 Å². The fourth-order valence-corrected chi connectivity index (χ4v) is 4.54. The first-order valence-corrected chi connectivity index (χ1v) is 9.00. The van der Waals surface area contributed by atoms with Gasteiger partial charge in [-0.1, -0.05) is 0 Å². The van der Waals surface area contributed by atoms with E-state index in [9.17, 15) is 4.79 Å². The van der Waals surface area contributed by atoms with Gasteiger partial charge in [-0.25, -0.2) is 0 Å². The number of nitrogens with zero attached hydrogens (tertiary/aromatic N) is 1. The smallest absolute Gasteiger partial charge is 0.220 e. The van der Waals surface area contributed by atoms with Crippen LogP contribution < -0.4 is 10.6 Å². The van der Waals surface area contributed by atoms with Crippen LogP contribution in [0.15, 0.2) is 0 Å². The molecule has 0 aromatic carbocycles. The molecule has 0 saturated carbocycles. The predicted octanol–water partition coefficient (Wildman–Crippen LogP) is 1.13. The summed E-state index contributed by atoms with van der Waals surface area (Å²) in [5, 5.41) is 6.83. The molecule has 3 fully saturated rings. The molecule has 0 radical (unpaired) electrons. The van der Waals surface area contributed by atoms with Crippen molar-refractivity contribution in [3.05, 3.63) is 0 Å². The van der Waals surface area contributed by atoms with Gasteiger partial charge in [0, 0.05) is 44.7 Å². The highest BCUT2D eigenvalue weighted by molar-refractivity contribution is 5.76. The van der Waals surface area contributed by atoms with Gasteiger partial charge in [0.25, 0.3) is 0 Å². The highest BCUT2D eigenvalue weighted by Gasteiger charge is 2.34. The van der Waals surface area contributed by atoms with Crippen molar-refractivity contribution in [2.24, 2.45) is 5.92 Å². The van der Waals surface area contributed by atoms with Gasteiger partial charge in [-0.05, 0) is 51.0 Å². The number of rotatable bonds is 7. The third-order valence-electron chi connectivity index (χ3n) is 5.66. The number of methoxy groups -OCH3 is 1. The van der Waals surface area contributed by atoms with Crippen molar-refractivity contribution in [3.8, 4) is 0 Å². The van der Waals surface area contributed by atoms with Crippen LogP contribution in [0.4, 0.5) is 0 Å². The lowest BCUT2D eigenvalue weighted by Gasteiger charge is -2.29. The van der Waals surface area contributed by atoms with E-state index in [2.05, 4.69) is 15.5 Å². The average molecular weight is 309 g/mol. The molecule has 3 atom stereocenters. The molecule has 3 heterocycles. The molecule has 2 bridgehead atoms. The zero-order chi connectivity index (χ0) is 15.4. The lowest BCUT2D eigenvalue weighted by atomic mass is 9.89. The first kappa shape index (κ1) is 16.2. The fraction of sp³-hybridized carbons (Fsp3) is 0.941. The van der Waals surface area contributed by atoms with E-state index in [0.717, 1.165) is 32.7 Å². The quantitative estimate of drug-likeness (QED) is 0.740. The Bertz CT molecular complexity index is 365. The molecule has 126 valence electrons. The summed E-state index contributed by atoms with van der Waals surface area (Å²) in [5.41, 5.74) is 0. The Balaban J connectivity index is 1.37. The first-order chi connectivity index (χ1) is 10.7. The number of hydrogen-bond donors (Lipinski definition) is 2. The van der Waals surface area contributed by atoms with E-state index in [-0.39, 0.29) is 5.91 Å². The second-order valence-electron chi connectivity index (χ2n) is 7.31. The topological polar surface area (TPSA) is 53.6 Å². The number of piperidine rings is 1. The maximum Gasteiger partial charge on any atom is 0.220 e. The Morgan fingerprint density at radius 2 is 2.05 bits per heavy atom. The minimum Gasteiger partial charge on any atom is -0.383 e. The predicted molar refractivity (Wildman–Crippen MR) is 86.8 cm³/mol. The third-order valence-corrected chi connectivity index (χ3v) is 5.66. The highest BCUT2D eigenvalue weighted by Crippen LogP contribution is 2.32. The van der Waals surface area contributed by atoms with Crippen LogP contribution >= 0.6 is 0 Å². The van der Waals surface area contributed by atoms with E-state index in [0.29, 0.717) is 24.0 Å². The number of fused-ring (bicyclic) bond motifs is 2. The van der Waals surface area contributed by atoms with Crippen LogP contribution in [0, 0.1) is 5.92 Å². The van der Waals surface area contributed by atoms with Crippen LogP contribution in [-0.4, -0.2) is 62.3 Å². The summed E-state index contributed by atoms with van der Waals surface area (Å²) in [6.45, 7) is 3.71. The monoisotopic (exact) mass is 309 g/mol.